The molecule has 0 spiro atoms. The molecule has 1 aliphatic rings. The lowest BCUT2D eigenvalue weighted by molar-refractivity contribution is -0.126. The number of likely N-dealkylation sites (tertiary alicyclic amines) is 1. The van der Waals surface area contributed by atoms with Crippen LogP contribution in [0.4, 0.5) is 0 Å². The van der Waals surface area contributed by atoms with Crippen LogP contribution in [0.3, 0.4) is 0 Å². The van der Waals surface area contributed by atoms with Crippen molar-refractivity contribution in [3.05, 3.63) is 0 Å². The first-order valence-electron chi connectivity index (χ1n) is 6.29. The number of nitrogens with zero attached hydrogens (tertiary/aromatic N) is 1. The summed E-state index contributed by atoms with van der Waals surface area (Å²) >= 11 is 0. The molecular formula is C12H25N3O. The van der Waals surface area contributed by atoms with Crippen molar-refractivity contribution in [2.75, 3.05) is 26.2 Å². The van der Waals surface area contributed by atoms with Crippen LogP contribution < -0.4 is 11.1 Å². The first kappa shape index (κ1) is 13.5. The van der Waals surface area contributed by atoms with Crippen LogP contribution in [0.2, 0.25) is 0 Å². The molecule has 1 aliphatic heterocycles. The second-order valence-electron chi connectivity index (χ2n) is 5.03. The number of nitrogens with one attached hydrogen (secondary N) is 1. The van der Waals surface area contributed by atoms with Crippen LogP contribution in [-0.4, -0.2) is 42.5 Å². The molecule has 1 rings (SSSR count). The van der Waals surface area contributed by atoms with Crippen molar-refractivity contribution in [2.24, 2.45) is 11.7 Å². The van der Waals surface area contributed by atoms with Gasteiger partial charge in [-0.15, -0.1) is 0 Å². The van der Waals surface area contributed by atoms with E-state index in [2.05, 4.69) is 17.1 Å². The number of amides is 1. The molecule has 1 saturated heterocycles. The van der Waals surface area contributed by atoms with Crippen LogP contribution in [0.5, 0.6) is 0 Å². The molecule has 0 aromatic carbocycles. The maximum atomic E-state index is 11.8. The van der Waals surface area contributed by atoms with Crippen LogP contribution in [0.25, 0.3) is 0 Å². The summed E-state index contributed by atoms with van der Waals surface area (Å²) in [7, 11) is 0. The fraction of sp³-hybridized carbons (Fsp3) is 0.917. The van der Waals surface area contributed by atoms with Crippen LogP contribution in [0.1, 0.15) is 33.6 Å². The fourth-order valence-corrected chi connectivity index (χ4v) is 1.97. The van der Waals surface area contributed by atoms with Gasteiger partial charge in [-0.1, -0.05) is 13.8 Å². The molecule has 0 aromatic heterocycles. The number of hydrogen-bond acceptors (Lipinski definition) is 3. The summed E-state index contributed by atoms with van der Waals surface area (Å²) in [5, 5.41) is 2.97. The van der Waals surface area contributed by atoms with Crippen molar-refractivity contribution in [3.63, 3.8) is 0 Å². The molecular weight excluding hydrogens is 202 g/mol. The van der Waals surface area contributed by atoms with Crippen molar-refractivity contribution >= 4 is 5.91 Å². The minimum Gasteiger partial charge on any atom is -0.354 e. The van der Waals surface area contributed by atoms with Gasteiger partial charge in [0.2, 0.25) is 5.91 Å². The van der Waals surface area contributed by atoms with E-state index in [-0.39, 0.29) is 5.91 Å². The number of carbonyl (C=O) groups excluding carboxylic acids is 1. The standard InChI is InChI=1S/C12H25N3O/c1-4-12(3,13)11(16)14-8-10-6-7-15(5-2)9-10/h10H,4-9,13H2,1-3H3,(H,14,16). The van der Waals surface area contributed by atoms with Crippen molar-refractivity contribution in [1.82, 2.24) is 10.2 Å². The summed E-state index contributed by atoms with van der Waals surface area (Å²) < 4.78 is 0. The third-order valence-electron chi connectivity index (χ3n) is 3.62. The lowest BCUT2D eigenvalue weighted by atomic mass is 9.99. The Hall–Kier alpha value is -0.610. The van der Waals surface area contributed by atoms with Gasteiger partial charge in [-0.25, -0.2) is 0 Å². The maximum Gasteiger partial charge on any atom is 0.239 e. The van der Waals surface area contributed by atoms with E-state index in [1.807, 2.05) is 6.92 Å². The van der Waals surface area contributed by atoms with E-state index in [4.69, 9.17) is 5.73 Å². The molecule has 0 saturated carbocycles. The Morgan fingerprint density at radius 1 is 1.56 bits per heavy atom. The predicted octanol–water partition coefficient (Wildman–Crippen LogP) is 0.572. The van der Waals surface area contributed by atoms with Crippen LogP contribution in [-0.2, 0) is 4.79 Å². The Kier molecular flexibility index (Phi) is 4.74. The smallest absolute Gasteiger partial charge is 0.239 e. The van der Waals surface area contributed by atoms with Crippen molar-refractivity contribution in [1.29, 1.82) is 0 Å². The Morgan fingerprint density at radius 3 is 2.75 bits per heavy atom. The van der Waals surface area contributed by atoms with E-state index < -0.39 is 5.54 Å². The molecule has 0 radical (unpaired) electrons. The van der Waals surface area contributed by atoms with E-state index in [1.165, 1.54) is 6.42 Å². The fourth-order valence-electron chi connectivity index (χ4n) is 1.97. The third kappa shape index (κ3) is 3.46. The first-order chi connectivity index (χ1) is 7.49. The van der Waals surface area contributed by atoms with Gasteiger partial charge in [0.05, 0.1) is 5.54 Å². The highest BCUT2D eigenvalue weighted by molar-refractivity contribution is 5.85. The zero-order valence-electron chi connectivity index (χ0n) is 10.8. The van der Waals surface area contributed by atoms with Gasteiger partial charge in [0, 0.05) is 13.1 Å². The normalized spacial score (nSPS) is 25.4. The largest absolute Gasteiger partial charge is 0.354 e. The Bertz CT molecular complexity index is 240. The van der Waals surface area contributed by atoms with Gasteiger partial charge in [0.15, 0.2) is 0 Å². The molecule has 2 atom stereocenters. The van der Waals surface area contributed by atoms with Crippen molar-refractivity contribution < 1.29 is 4.79 Å². The lowest BCUT2D eigenvalue weighted by Gasteiger charge is -2.22. The monoisotopic (exact) mass is 227 g/mol. The minimum atomic E-state index is -0.719. The molecule has 4 nitrogen and oxygen atoms in total. The van der Waals surface area contributed by atoms with Gasteiger partial charge in [0.1, 0.15) is 0 Å². The van der Waals surface area contributed by atoms with E-state index >= 15 is 0 Å². The third-order valence-corrected chi connectivity index (χ3v) is 3.62. The average Bonchev–Trinajstić information content (AvgIpc) is 2.73. The summed E-state index contributed by atoms with van der Waals surface area (Å²) in [4.78, 5) is 14.2. The Balaban J connectivity index is 2.28. The molecule has 4 heteroatoms. The summed E-state index contributed by atoms with van der Waals surface area (Å²) in [5.74, 6) is 0.571. The summed E-state index contributed by atoms with van der Waals surface area (Å²) in [5.41, 5.74) is 5.16. The van der Waals surface area contributed by atoms with E-state index in [9.17, 15) is 4.79 Å². The molecule has 16 heavy (non-hydrogen) atoms. The summed E-state index contributed by atoms with van der Waals surface area (Å²) in [6.07, 6.45) is 1.85. The van der Waals surface area contributed by atoms with Gasteiger partial charge in [-0.2, -0.15) is 0 Å². The topological polar surface area (TPSA) is 58.4 Å². The lowest BCUT2D eigenvalue weighted by Crippen LogP contribution is -2.52. The molecule has 3 N–H and O–H groups in total. The quantitative estimate of drug-likeness (QED) is 0.722. The van der Waals surface area contributed by atoms with Crippen LogP contribution in [0.15, 0.2) is 0 Å². The van der Waals surface area contributed by atoms with E-state index in [1.54, 1.807) is 6.92 Å². The highest BCUT2D eigenvalue weighted by Gasteiger charge is 2.27. The molecule has 0 aliphatic carbocycles. The first-order valence-corrected chi connectivity index (χ1v) is 6.29. The van der Waals surface area contributed by atoms with Gasteiger partial charge >= 0.3 is 0 Å². The van der Waals surface area contributed by atoms with Crippen LogP contribution >= 0.6 is 0 Å². The summed E-state index contributed by atoms with van der Waals surface area (Å²) in [6, 6.07) is 0. The number of hydrogen-bond donors (Lipinski definition) is 2. The molecule has 1 fully saturated rings. The van der Waals surface area contributed by atoms with Gasteiger partial charge in [-0.3, -0.25) is 4.79 Å². The molecule has 2 unspecified atom stereocenters. The molecule has 1 heterocycles. The summed E-state index contributed by atoms with van der Waals surface area (Å²) in [6.45, 7) is 10.0. The van der Waals surface area contributed by atoms with E-state index in [0.29, 0.717) is 12.3 Å². The van der Waals surface area contributed by atoms with Crippen LogP contribution in [0, 0.1) is 5.92 Å². The molecule has 94 valence electrons. The maximum absolute atomic E-state index is 11.8. The highest BCUT2D eigenvalue weighted by Crippen LogP contribution is 2.15. The average molecular weight is 227 g/mol. The predicted molar refractivity (Wildman–Crippen MR) is 66.1 cm³/mol. The minimum absolute atomic E-state index is 0.0232. The number of rotatable bonds is 5. The number of carbonyl (C=O) groups is 1. The molecule has 0 aromatic rings. The second-order valence-corrected chi connectivity index (χ2v) is 5.03. The van der Waals surface area contributed by atoms with Gasteiger partial charge in [0.25, 0.3) is 0 Å². The zero-order chi connectivity index (χ0) is 12.2. The van der Waals surface area contributed by atoms with Crippen molar-refractivity contribution in [2.45, 2.75) is 39.2 Å². The second kappa shape index (κ2) is 5.64. The molecule has 1 amide bonds. The Morgan fingerprint density at radius 2 is 2.25 bits per heavy atom. The van der Waals surface area contributed by atoms with Crippen molar-refractivity contribution in [3.8, 4) is 0 Å². The van der Waals surface area contributed by atoms with Gasteiger partial charge < -0.3 is 16.0 Å². The zero-order valence-corrected chi connectivity index (χ0v) is 10.8. The number of nitrogens with two attached hydrogens (primary N) is 1. The Labute approximate surface area is 98.6 Å². The van der Waals surface area contributed by atoms with E-state index in [0.717, 1.165) is 26.2 Å². The highest BCUT2D eigenvalue weighted by atomic mass is 16.2. The SMILES string of the molecule is CCN1CCC(CNC(=O)C(C)(N)CC)C1. The van der Waals surface area contributed by atoms with Gasteiger partial charge in [-0.05, 0) is 38.8 Å². The molecule has 0 bridgehead atoms.